The quantitative estimate of drug-likeness (QED) is 0.714. The molecule has 2 unspecified atom stereocenters. The first-order chi connectivity index (χ1) is 6.02. The van der Waals surface area contributed by atoms with E-state index in [1.807, 2.05) is 27.7 Å². The molecule has 2 atom stereocenters. The molecule has 0 amide bonds. The number of nitrogens with one attached hydrogen (secondary N) is 1. The van der Waals surface area contributed by atoms with Gasteiger partial charge in [-0.3, -0.25) is 5.32 Å². The maximum absolute atomic E-state index is 8.80. The molecule has 1 N–H and O–H groups in total. The van der Waals surface area contributed by atoms with E-state index in [2.05, 4.69) is 17.5 Å². The molecule has 0 aromatic heterocycles. The van der Waals surface area contributed by atoms with Crippen molar-refractivity contribution in [1.82, 2.24) is 5.32 Å². The van der Waals surface area contributed by atoms with Crippen LogP contribution < -0.4 is 5.32 Å². The smallest absolute Gasteiger partial charge is 0.0986 e. The molecule has 0 saturated carbocycles. The van der Waals surface area contributed by atoms with Crippen molar-refractivity contribution in [3.8, 4) is 12.1 Å². The summed E-state index contributed by atoms with van der Waals surface area (Å²) in [6.45, 7) is 7.87. The fourth-order valence-electron chi connectivity index (χ4n) is 0.951. The molecule has 0 rings (SSSR count). The molecule has 0 spiro atoms. The monoisotopic (exact) mass is 179 g/mol. The topological polar surface area (TPSA) is 59.6 Å². The molecule has 0 aliphatic heterocycles. The van der Waals surface area contributed by atoms with Gasteiger partial charge in [0.2, 0.25) is 0 Å². The maximum Gasteiger partial charge on any atom is 0.0986 e. The molecular weight excluding hydrogens is 162 g/mol. The van der Waals surface area contributed by atoms with Crippen molar-refractivity contribution in [2.24, 2.45) is 11.8 Å². The third-order valence-corrected chi connectivity index (χ3v) is 1.97. The number of nitriles is 2. The van der Waals surface area contributed by atoms with Crippen molar-refractivity contribution >= 4 is 0 Å². The van der Waals surface area contributed by atoms with E-state index in [1.165, 1.54) is 0 Å². The summed E-state index contributed by atoms with van der Waals surface area (Å²) in [5, 5.41) is 20.6. The van der Waals surface area contributed by atoms with Gasteiger partial charge in [-0.05, 0) is 11.8 Å². The summed E-state index contributed by atoms with van der Waals surface area (Å²) in [5.74, 6) is 0.471. The zero-order chi connectivity index (χ0) is 10.4. The summed E-state index contributed by atoms with van der Waals surface area (Å²) in [6, 6.07) is 3.86. The first-order valence-corrected chi connectivity index (χ1v) is 4.58. The zero-order valence-corrected chi connectivity index (χ0v) is 8.70. The summed E-state index contributed by atoms with van der Waals surface area (Å²) < 4.78 is 0. The third-order valence-electron chi connectivity index (χ3n) is 1.97. The van der Waals surface area contributed by atoms with Crippen molar-refractivity contribution < 1.29 is 0 Å². The van der Waals surface area contributed by atoms with Gasteiger partial charge in [0, 0.05) is 0 Å². The summed E-state index contributed by atoms with van der Waals surface area (Å²) in [6.07, 6.45) is 0. The minimum atomic E-state index is -0.230. The molecule has 72 valence electrons. The second-order valence-electron chi connectivity index (χ2n) is 3.87. The van der Waals surface area contributed by atoms with Crippen LogP contribution in [-0.4, -0.2) is 12.1 Å². The number of hydrogen-bond acceptors (Lipinski definition) is 3. The molecule has 0 bridgehead atoms. The molecule has 0 aromatic carbocycles. The molecule has 0 aliphatic carbocycles. The van der Waals surface area contributed by atoms with Crippen molar-refractivity contribution in [2.45, 2.75) is 39.8 Å². The molecule has 0 saturated heterocycles. The molecule has 0 aliphatic rings. The summed E-state index contributed by atoms with van der Waals surface area (Å²) >= 11 is 0. The molecule has 13 heavy (non-hydrogen) atoms. The van der Waals surface area contributed by atoms with Crippen LogP contribution in [0.2, 0.25) is 0 Å². The van der Waals surface area contributed by atoms with Crippen LogP contribution in [0.3, 0.4) is 0 Å². The van der Waals surface area contributed by atoms with E-state index in [4.69, 9.17) is 10.5 Å². The van der Waals surface area contributed by atoms with Crippen LogP contribution in [0, 0.1) is 34.5 Å². The standard InChI is InChI=1S/C10H17N3/c1-7(2)9(5-11)13-10(6-12)8(3)4/h7-10,13H,1-4H3. The lowest BCUT2D eigenvalue weighted by Gasteiger charge is -2.21. The Labute approximate surface area is 80.4 Å². The highest BCUT2D eigenvalue weighted by Crippen LogP contribution is 2.06. The van der Waals surface area contributed by atoms with Crippen LogP contribution in [0.4, 0.5) is 0 Å². The predicted octanol–water partition coefficient (Wildman–Crippen LogP) is 1.67. The lowest BCUT2D eigenvalue weighted by Crippen LogP contribution is -2.42. The molecule has 3 nitrogen and oxygen atoms in total. The second-order valence-corrected chi connectivity index (χ2v) is 3.87. The average molecular weight is 179 g/mol. The van der Waals surface area contributed by atoms with Gasteiger partial charge >= 0.3 is 0 Å². The van der Waals surface area contributed by atoms with E-state index in [-0.39, 0.29) is 23.9 Å². The zero-order valence-electron chi connectivity index (χ0n) is 8.70. The largest absolute Gasteiger partial charge is 0.286 e. The predicted molar refractivity (Wildman–Crippen MR) is 51.6 cm³/mol. The van der Waals surface area contributed by atoms with E-state index in [0.717, 1.165) is 0 Å². The van der Waals surface area contributed by atoms with E-state index in [1.54, 1.807) is 0 Å². The molecule has 0 aromatic rings. The Morgan fingerprint density at radius 2 is 1.15 bits per heavy atom. The SMILES string of the molecule is CC(C)C(C#N)NC(C#N)C(C)C. The van der Waals surface area contributed by atoms with Crippen molar-refractivity contribution in [2.75, 3.05) is 0 Å². The van der Waals surface area contributed by atoms with Gasteiger partial charge in [-0.25, -0.2) is 0 Å². The summed E-state index contributed by atoms with van der Waals surface area (Å²) in [5.41, 5.74) is 0. The Morgan fingerprint density at radius 3 is 1.31 bits per heavy atom. The fraction of sp³-hybridized carbons (Fsp3) is 0.800. The van der Waals surface area contributed by atoms with E-state index < -0.39 is 0 Å². The highest BCUT2D eigenvalue weighted by Gasteiger charge is 2.19. The normalized spacial score (nSPS) is 15.1. The van der Waals surface area contributed by atoms with Crippen LogP contribution >= 0.6 is 0 Å². The lowest BCUT2D eigenvalue weighted by atomic mass is 10.0. The fourth-order valence-corrected chi connectivity index (χ4v) is 0.951. The molecule has 3 heteroatoms. The molecule has 0 heterocycles. The van der Waals surface area contributed by atoms with Gasteiger partial charge in [0.15, 0.2) is 0 Å². The lowest BCUT2D eigenvalue weighted by molar-refractivity contribution is 0.391. The summed E-state index contributed by atoms with van der Waals surface area (Å²) in [7, 11) is 0. The number of nitrogens with zero attached hydrogens (tertiary/aromatic N) is 2. The molecule has 0 fully saturated rings. The van der Waals surface area contributed by atoms with Crippen molar-refractivity contribution in [3.63, 3.8) is 0 Å². The van der Waals surface area contributed by atoms with Crippen molar-refractivity contribution in [3.05, 3.63) is 0 Å². The first kappa shape index (κ1) is 11.9. The van der Waals surface area contributed by atoms with E-state index >= 15 is 0 Å². The van der Waals surface area contributed by atoms with Gasteiger partial charge < -0.3 is 0 Å². The molecule has 0 radical (unpaired) electrons. The van der Waals surface area contributed by atoms with Crippen LogP contribution in [0.25, 0.3) is 0 Å². The Bertz CT molecular complexity index is 195. The third kappa shape index (κ3) is 3.92. The number of rotatable bonds is 4. The van der Waals surface area contributed by atoms with Gasteiger partial charge in [0.1, 0.15) is 0 Å². The second kappa shape index (κ2) is 5.56. The Hall–Kier alpha value is -1.06. The van der Waals surface area contributed by atoms with Gasteiger partial charge in [0.05, 0.1) is 24.2 Å². The molecular formula is C10H17N3. The van der Waals surface area contributed by atoms with Gasteiger partial charge in [-0.15, -0.1) is 0 Å². The van der Waals surface area contributed by atoms with Crippen LogP contribution in [0.15, 0.2) is 0 Å². The Kier molecular flexibility index (Phi) is 5.11. The first-order valence-electron chi connectivity index (χ1n) is 4.58. The minimum Gasteiger partial charge on any atom is -0.286 e. The van der Waals surface area contributed by atoms with Crippen LogP contribution in [0.1, 0.15) is 27.7 Å². The van der Waals surface area contributed by atoms with Crippen LogP contribution in [0.5, 0.6) is 0 Å². The van der Waals surface area contributed by atoms with Crippen molar-refractivity contribution in [1.29, 1.82) is 10.5 Å². The highest BCUT2D eigenvalue weighted by molar-refractivity contribution is 5.00. The van der Waals surface area contributed by atoms with Gasteiger partial charge in [-0.1, -0.05) is 27.7 Å². The van der Waals surface area contributed by atoms with E-state index in [9.17, 15) is 0 Å². The highest BCUT2D eigenvalue weighted by atomic mass is 15.0. The number of hydrogen-bond donors (Lipinski definition) is 1. The maximum atomic E-state index is 8.80. The Morgan fingerprint density at radius 1 is 0.846 bits per heavy atom. The van der Waals surface area contributed by atoms with E-state index in [0.29, 0.717) is 0 Å². The Balaban J connectivity index is 4.24. The van der Waals surface area contributed by atoms with Crippen LogP contribution in [-0.2, 0) is 0 Å². The summed E-state index contributed by atoms with van der Waals surface area (Å²) in [4.78, 5) is 0. The minimum absolute atomic E-state index is 0.230. The average Bonchev–Trinajstić information content (AvgIpc) is 2.05. The van der Waals surface area contributed by atoms with Gasteiger partial charge in [-0.2, -0.15) is 10.5 Å². The van der Waals surface area contributed by atoms with Gasteiger partial charge in [0.25, 0.3) is 0 Å².